The molecular weight excluding hydrogens is 231 g/mol. The summed E-state index contributed by atoms with van der Waals surface area (Å²) in [7, 11) is -4.52. The zero-order chi connectivity index (χ0) is 11.8. The second-order valence-electron chi connectivity index (χ2n) is 3.28. The molecule has 5 nitrogen and oxygen atoms in total. The molecule has 2 rings (SSSR count). The SMILES string of the molecule is O=P(O)(O)Oc1ccc2cc(O)ccc2c1. The van der Waals surface area contributed by atoms with Crippen molar-refractivity contribution in [2.75, 3.05) is 0 Å². The zero-order valence-electron chi connectivity index (χ0n) is 8.07. The highest BCUT2D eigenvalue weighted by Gasteiger charge is 2.15. The quantitative estimate of drug-likeness (QED) is 0.699. The number of hydrogen-bond acceptors (Lipinski definition) is 3. The molecule has 0 atom stereocenters. The minimum absolute atomic E-state index is 0.0894. The number of phosphoric acid groups is 1. The number of phosphoric ester groups is 1. The van der Waals surface area contributed by atoms with Crippen molar-refractivity contribution in [3.63, 3.8) is 0 Å². The number of aromatic hydroxyl groups is 1. The van der Waals surface area contributed by atoms with Gasteiger partial charge in [0.2, 0.25) is 0 Å². The largest absolute Gasteiger partial charge is 0.524 e. The van der Waals surface area contributed by atoms with Crippen molar-refractivity contribution < 1.29 is 24.0 Å². The van der Waals surface area contributed by atoms with Crippen LogP contribution >= 0.6 is 7.82 Å². The Morgan fingerprint density at radius 2 is 1.62 bits per heavy atom. The third-order valence-corrected chi connectivity index (χ3v) is 2.47. The number of hydrogen-bond donors (Lipinski definition) is 3. The van der Waals surface area contributed by atoms with Gasteiger partial charge < -0.3 is 9.63 Å². The van der Waals surface area contributed by atoms with E-state index >= 15 is 0 Å². The van der Waals surface area contributed by atoms with Crippen LogP contribution < -0.4 is 4.52 Å². The van der Waals surface area contributed by atoms with Crippen molar-refractivity contribution in [1.29, 1.82) is 0 Å². The molecule has 0 aliphatic heterocycles. The van der Waals surface area contributed by atoms with E-state index < -0.39 is 7.82 Å². The predicted octanol–water partition coefficient (Wildman–Crippen LogP) is 2.02. The van der Waals surface area contributed by atoms with Gasteiger partial charge >= 0.3 is 7.82 Å². The zero-order valence-corrected chi connectivity index (χ0v) is 8.96. The Hall–Kier alpha value is -1.55. The van der Waals surface area contributed by atoms with Crippen LogP contribution in [0.5, 0.6) is 11.5 Å². The topological polar surface area (TPSA) is 87.0 Å². The minimum atomic E-state index is -4.52. The molecule has 2 aromatic carbocycles. The van der Waals surface area contributed by atoms with E-state index in [1.165, 1.54) is 18.2 Å². The van der Waals surface area contributed by atoms with Gasteiger partial charge in [0.25, 0.3) is 0 Å². The maximum Gasteiger partial charge on any atom is 0.524 e. The fourth-order valence-corrected chi connectivity index (χ4v) is 1.79. The summed E-state index contributed by atoms with van der Waals surface area (Å²) in [6.07, 6.45) is 0. The first kappa shape index (κ1) is 11.0. The molecule has 0 heterocycles. The van der Waals surface area contributed by atoms with Crippen molar-refractivity contribution in [3.05, 3.63) is 36.4 Å². The predicted molar refractivity (Wildman–Crippen MR) is 58.3 cm³/mol. The van der Waals surface area contributed by atoms with Gasteiger partial charge in [0.1, 0.15) is 11.5 Å². The van der Waals surface area contributed by atoms with Gasteiger partial charge in [-0.2, -0.15) is 0 Å². The van der Waals surface area contributed by atoms with Crippen molar-refractivity contribution in [3.8, 4) is 11.5 Å². The summed E-state index contributed by atoms with van der Waals surface area (Å²) in [6.45, 7) is 0. The first-order chi connectivity index (χ1) is 7.44. The lowest BCUT2D eigenvalue weighted by Gasteiger charge is -2.07. The van der Waals surface area contributed by atoms with E-state index in [9.17, 15) is 9.67 Å². The molecule has 3 N–H and O–H groups in total. The number of phenolic OH excluding ortho intramolecular Hbond substituents is 1. The third kappa shape index (κ3) is 2.52. The molecule has 0 amide bonds. The van der Waals surface area contributed by atoms with Crippen LogP contribution in [0.15, 0.2) is 36.4 Å². The fraction of sp³-hybridized carbons (Fsp3) is 0. The molecule has 0 aromatic heterocycles. The van der Waals surface area contributed by atoms with Crippen molar-refractivity contribution in [1.82, 2.24) is 0 Å². The Morgan fingerprint density at radius 1 is 1.00 bits per heavy atom. The lowest BCUT2D eigenvalue weighted by Crippen LogP contribution is -1.89. The van der Waals surface area contributed by atoms with Crippen LogP contribution in [-0.4, -0.2) is 14.9 Å². The molecule has 84 valence electrons. The molecule has 0 spiro atoms. The van der Waals surface area contributed by atoms with E-state index in [-0.39, 0.29) is 11.5 Å². The normalized spacial score (nSPS) is 11.6. The Morgan fingerprint density at radius 3 is 2.31 bits per heavy atom. The maximum atomic E-state index is 10.6. The van der Waals surface area contributed by atoms with Crippen LogP contribution in [0, 0.1) is 0 Å². The van der Waals surface area contributed by atoms with Gasteiger partial charge in [0.15, 0.2) is 0 Å². The molecule has 0 unspecified atom stereocenters. The van der Waals surface area contributed by atoms with E-state index in [0.717, 1.165) is 10.8 Å². The standard InChI is InChI=1S/C10H9O5P/c11-9-3-1-8-6-10(15-16(12,13)14)4-2-7(8)5-9/h1-6,11H,(H2,12,13,14). The van der Waals surface area contributed by atoms with Gasteiger partial charge in [-0.05, 0) is 35.0 Å². The van der Waals surface area contributed by atoms with Gasteiger partial charge in [-0.25, -0.2) is 4.57 Å². The summed E-state index contributed by atoms with van der Waals surface area (Å²) < 4.78 is 15.1. The molecule has 6 heteroatoms. The van der Waals surface area contributed by atoms with E-state index in [0.29, 0.717) is 0 Å². The van der Waals surface area contributed by atoms with Crippen molar-refractivity contribution >= 4 is 18.6 Å². The second kappa shape index (κ2) is 3.79. The first-order valence-electron chi connectivity index (χ1n) is 4.42. The van der Waals surface area contributed by atoms with Gasteiger partial charge in [0.05, 0.1) is 0 Å². The highest BCUT2D eigenvalue weighted by atomic mass is 31.2. The van der Waals surface area contributed by atoms with E-state index in [1.54, 1.807) is 18.2 Å². The summed E-state index contributed by atoms with van der Waals surface area (Å²) in [6, 6.07) is 9.21. The molecule has 2 aromatic rings. The molecule has 0 bridgehead atoms. The fourth-order valence-electron chi connectivity index (χ4n) is 1.41. The molecule has 0 aliphatic rings. The molecule has 0 radical (unpaired) electrons. The highest BCUT2D eigenvalue weighted by Crippen LogP contribution is 2.38. The monoisotopic (exact) mass is 240 g/mol. The Bertz CT molecular complexity index is 574. The number of benzene rings is 2. The molecule has 0 aliphatic carbocycles. The third-order valence-electron chi connectivity index (χ3n) is 2.02. The minimum Gasteiger partial charge on any atom is -0.508 e. The number of fused-ring (bicyclic) bond motifs is 1. The van der Waals surface area contributed by atoms with Crippen LogP contribution in [0.2, 0.25) is 0 Å². The van der Waals surface area contributed by atoms with Gasteiger partial charge in [-0.15, -0.1) is 0 Å². The second-order valence-corrected chi connectivity index (χ2v) is 4.44. The van der Waals surface area contributed by atoms with Crippen LogP contribution in [0.3, 0.4) is 0 Å². The average Bonchev–Trinajstić information content (AvgIpc) is 2.16. The molecular formula is C10H9O5P. The van der Waals surface area contributed by atoms with Crippen molar-refractivity contribution in [2.24, 2.45) is 0 Å². The maximum absolute atomic E-state index is 10.6. The highest BCUT2D eigenvalue weighted by molar-refractivity contribution is 7.46. The van der Waals surface area contributed by atoms with Crippen LogP contribution in [0.25, 0.3) is 10.8 Å². The summed E-state index contributed by atoms with van der Waals surface area (Å²) in [5, 5.41) is 10.7. The van der Waals surface area contributed by atoms with Crippen LogP contribution in [-0.2, 0) is 4.57 Å². The average molecular weight is 240 g/mol. The van der Waals surface area contributed by atoms with Gasteiger partial charge in [-0.1, -0.05) is 12.1 Å². The Labute approximate surface area is 91.2 Å². The summed E-state index contributed by atoms with van der Waals surface area (Å²) in [5.41, 5.74) is 0. The van der Waals surface area contributed by atoms with Gasteiger partial charge in [-0.3, -0.25) is 9.79 Å². The van der Waals surface area contributed by atoms with E-state index in [4.69, 9.17) is 9.79 Å². The summed E-state index contributed by atoms with van der Waals surface area (Å²) in [5.74, 6) is 0.225. The lowest BCUT2D eigenvalue weighted by molar-refractivity contribution is 0.283. The Balaban J connectivity index is 2.45. The van der Waals surface area contributed by atoms with Crippen LogP contribution in [0.1, 0.15) is 0 Å². The molecule has 0 saturated carbocycles. The summed E-state index contributed by atoms with van der Waals surface area (Å²) >= 11 is 0. The van der Waals surface area contributed by atoms with Gasteiger partial charge in [0, 0.05) is 0 Å². The lowest BCUT2D eigenvalue weighted by atomic mass is 10.1. The van der Waals surface area contributed by atoms with E-state index in [1.807, 2.05) is 0 Å². The van der Waals surface area contributed by atoms with Crippen LogP contribution in [0.4, 0.5) is 0 Å². The summed E-state index contributed by atoms with van der Waals surface area (Å²) in [4.78, 5) is 17.3. The molecule has 0 fully saturated rings. The van der Waals surface area contributed by atoms with Crippen molar-refractivity contribution in [2.45, 2.75) is 0 Å². The van der Waals surface area contributed by atoms with E-state index in [2.05, 4.69) is 4.52 Å². The smallest absolute Gasteiger partial charge is 0.508 e. The number of rotatable bonds is 2. The number of phenols is 1. The molecule has 16 heavy (non-hydrogen) atoms. The molecule has 0 saturated heterocycles. The Kier molecular flexibility index (Phi) is 2.59. The first-order valence-corrected chi connectivity index (χ1v) is 5.95.